The van der Waals surface area contributed by atoms with Gasteiger partial charge in [0.15, 0.2) is 5.78 Å². The van der Waals surface area contributed by atoms with Crippen molar-refractivity contribution < 1.29 is 14.4 Å². The molecule has 0 aliphatic carbocycles. The third-order valence-electron chi connectivity index (χ3n) is 4.00. The second-order valence-electron chi connectivity index (χ2n) is 5.70. The number of allylic oxidation sites excluding steroid dienone is 2. The number of carbonyl (C=O) groups excluding carboxylic acids is 3. The highest BCUT2D eigenvalue weighted by Gasteiger charge is 2.26. The van der Waals surface area contributed by atoms with Gasteiger partial charge in [0.25, 0.3) is 0 Å². The molecule has 118 valence electrons. The first kappa shape index (κ1) is 17.4. The highest BCUT2D eigenvalue weighted by Crippen LogP contribution is 2.21. The van der Waals surface area contributed by atoms with E-state index in [2.05, 4.69) is 10.6 Å². The van der Waals surface area contributed by atoms with Crippen LogP contribution in [0.4, 0.5) is 0 Å². The first-order valence-electron chi connectivity index (χ1n) is 7.66. The Balaban J connectivity index is 2.86. The van der Waals surface area contributed by atoms with Crippen molar-refractivity contribution in [2.75, 3.05) is 6.54 Å². The highest BCUT2D eigenvalue weighted by atomic mass is 16.2. The average molecular weight is 294 g/mol. The van der Waals surface area contributed by atoms with Crippen LogP contribution in [0.5, 0.6) is 0 Å². The molecule has 2 amide bonds. The lowest BCUT2D eigenvalue weighted by Crippen LogP contribution is -2.50. The fraction of sp³-hybridized carbons (Fsp3) is 0.688. The lowest BCUT2D eigenvalue weighted by Gasteiger charge is -2.24. The Morgan fingerprint density at radius 1 is 1.29 bits per heavy atom. The number of amides is 2. The van der Waals surface area contributed by atoms with Crippen molar-refractivity contribution in [1.29, 1.82) is 0 Å². The summed E-state index contributed by atoms with van der Waals surface area (Å²) in [6.07, 6.45) is 7.05. The Morgan fingerprint density at radius 2 is 2.00 bits per heavy atom. The molecule has 1 saturated heterocycles. The van der Waals surface area contributed by atoms with E-state index in [9.17, 15) is 14.4 Å². The van der Waals surface area contributed by atoms with Gasteiger partial charge in [0.2, 0.25) is 11.8 Å². The van der Waals surface area contributed by atoms with Crippen LogP contribution in [0.25, 0.3) is 0 Å². The second kappa shape index (κ2) is 8.60. The third-order valence-corrected chi connectivity index (χ3v) is 4.00. The molecule has 1 aliphatic heterocycles. The van der Waals surface area contributed by atoms with Gasteiger partial charge in [-0.1, -0.05) is 25.5 Å². The number of Topliss-reactive ketones (excluding diaryl/α,β-unsaturated/α-hetero) is 1. The normalized spacial score (nSPS) is 29.2. The predicted octanol–water partition coefficient (Wildman–Crippen LogP) is 1.58. The van der Waals surface area contributed by atoms with Crippen LogP contribution in [-0.2, 0) is 14.4 Å². The molecule has 0 aromatic carbocycles. The Hall–Kier alpha value is -1.65. The van der Waals surface area contributed by atoms with Crippen molar-refractivity contribution in [2.45, 2.75) is 52.5 Å². The Kier molecular flexibility index (Phi) is 7.12. The molecule has 2 N–H and O–H groups in total. The van der Waals surface area contributed by atoms with Crippen LogP contribution in [0.1, 0.15) is 46.5 Å². The summed E-state index contributed by atoms with van der Waals surface area (Å²) in [6, 6.07) is -0.644. The van der Waals surface area contributed by atoms with Crippen molar-refractivity contribution in [3.63, 3.8) is 0 Å². The maximum Gasteiger partial charge on any atom is 0.224 e. The minimum atomic E-state index is -0.644. The molecule has 21 heavy (non-hydrogen) atoms. The highest BCUT2D eigenvalue weighted by molar-refractivity contribution is 5.89. The van der Waals surface area contributed by atoms with E-state index in [4.69, 9.17) is 0 Å². The molecule has 3 atom stereocenters. The fourth-order valence-electron chi connectivity index (χ4n) is 2.52. The van der Waals surface area contributed by atoms with Crippen LogP contribution in [0.15, 0.2) is 12.2 Å². The molecular weight excluding hydrogens is 268 g/mol. The Morgan fingerprint density at radius 3 is 2.62 bits per heavy atom. The zero-order valence-electron chi connectivity index (χ0n) is 13.1. The van der Waals surface area contributed by atoms with Gasteiger partial charge in [-0.15, -0.1) is 0 Å². The Labute approximate surface area is 126 Å². The molecule has 0 unspecified atom stereocenters. The molecule has 1 fully saturated rings. The van der Waals surface area contributed by atoms with Crippen LogP contribution < -0.4 is 10.6 Å². The van der Waals surface area contributed by atoms with E-state index < -0.39 is 6.04 Å². The first-order chi connectivity index (χ1) is 9.95. The van der Waals surface area contributed by atoms with Gasteiger partial charge in [-0.3, -0.25) is 14.4 Å². The minimum Gasteiger partial charge on any atom is -0.354 e. The molecule has 0 spiro atoms. The molecule has 1 rings (SSSR count). The quantitative estimate of drug-likeness (QED) is 0.759. The zero-order valence-corrected chi connectivity index (χ0v) is 13.1. The fourth-order valence-corrected chi connectivity index (χ4v) is 2.52. The van der Waals surface area contributed by atoms with Crippen LogP contribution in [0, 0.1) is 11.8 Å². The number of nitrogens with one attached hydrogen (secondary N) is 2. The number of hydrogen-bond donors (Lipinski definition) is 2. The maximum atomic E-state index is 12.3. The smallest absolute Gasteiger partial charge is 0.224 e. The molecular formula is C16H26N2O3. The van der Waals surface area contributed by atoms with E-state index in [-0.39, 0.29) is 36.0 Å². The van der Waals surface area contributed by atoms with Gasteiger partial charge in [0.1, 0.15) is 6.04 Å². The van der Waals surface area contributed by atoms with Crippen molar-refractivity contribution in [3.8, 4) is 0 Å². The summed E-state index contributed by atoms with van der Waals surface area (Å²) in [6.45, 7) is 5.42. The monoisotopic (exact) mass is 294 g/mol. The first-order valence-corrected chi connectivity index (χ1v) is 7.66. The summed E-state index contributed by atoms with van der Waals surface area (Å²) in [5, 5.41) is 5.47. The lowest BCUT2D eigenvalue weighted by atomic mass is 9.87. The van der Waals surface area contributed by atoms with E-state index in [1.807, 2.05) is 26.0 Å². The lowest BCUT2D eigenvalue weighted by molar-refractivity contribution is -0.130. The van der Waals surface area contributed by atoms with Crippen molar-refractivity contribution in [3.05, 3.63) is 12.2 Å². The summed E-state index contributed by atoms with van der Waals surface area (Å²) >= 11 is 0. The van der Waals surface area contributed by atoms with E-state index in [1.165, 1.54) is 6.92 Å². The maximum absolute atomic E-state index is 12.3. The average Bonchev–Trinajstić information content (AvgIpc) is 2.44. The number of hydrogen-bond acceptors (Lipinski definition) is 3. The van der Waals surface area contributed by atoms with E-state index in [0.717, 1.165) is 19.3 Å². The topological polar surface area (TPSA) is 75.3 Å². The summed E-state index contributed by atoms with van der Waals surface area (Å²) in [5.74, 6) is -0.376. The minimum absolute atomic E-state index is 0.0632. The van der Waals surface area contributed by atoms with E-state index >= 15 is 0 Å². The van der Waals surface area contributed by atoms with Crippen molar-refractivity contribution in [2.24, 2.45) is 11.8 Å². The number of carbonyl (C=O) groups is 3. The van der Waals surface area contributed by atoms with E-state index in [1.54, 1.807) is 0 Å². The molecule has 0 bridgehead atoms. The molecule has 1 aliphatic rings. The molecule has 1 heterocycles. The third kappa shape index (κ3) is 5.69. The van der Waals surface area contributed by atoms with E-state index in [0.29, 0.717) is 6.42 Å². The zero-order chi connectivity index (χ0) is 15.8. The van der Waals surface area contributed by atoms with Gasteiger partial charge in [-0.25, -0.2) is 0 Å². The van der Waals surface area contributed by atoms with Crippen LogP contribution in [-0.4, -0.2) is 30.2 Å². The summed E-state index contributed by atoms with van der Waals surface area (Å²) in [5.41, 5.74) is 0. The summed E-state index contributed by atoms with van der Waals surface area (Å²) in [4.78, 5) is 35.6. The largest absolute Gasteiger partial charge is 0.354 e. The molecule has 5 heteroatoms. The molecule has 5 nitrogen and oxygen atoms in total. The molecule has 0 radical (unpaired) electrons. The van der Waals surface area contributed by atoms with Crippen LogP contribution in [0.2, 0.25) is 0 Å². The molecule has 0 aromatic heterocycles. The SMILES string of the molecule is C/C=C/[C@H]1CCCCC(=O)NC[C@@H](C(C)=O)NC(=O)[C@@H]1C. The van der Waals surface area contributed by atoms with Gasteiger partial charge in [-0.2, -0.15) is 0 Å². The van der Waals surface area contributed by atoms with Gasteiger partial charge >= 0.3 is 0 Å². The predicted molar refractivity (Wildman–Crippen MR) is 81.6 cm³/mol. The van der Waals surface area contributed by atoms with Gasteiger partial charge in [0, 0.05) is 18.9 Å². The molecule has 0 saturated carbocycles. The van der Waals surface area contributed by atoms with Gasteiger partial charge in [0.05, 0.1) is 0 Å². The number of rotatable bonds is 2. The van der Waals surface area contributed by atoms with Gasteiger partial charge < -0.3 is 10.6 Å². The standard InChI is InChI=1S/C16H26N2O3/c1-4-7-13-8-5-6-9-15(20)17-10-14(12(3)19)18-16(21)11(13)2/h4,7,11,13-14H,5-6,8-10H2,1-3H3,(H,17,20)(H,18,21)/b7-4+/t11-,13+,14+/m1/s1. The van der Waals surface area contributed by atoms with Crippen LogP contribution in [0.3, 0.4) is 0 Å². The van der Waals surface area contributed by atoms with Gasteiger partial charge in [-0.05, 0) is 32.6 Å². The van der Waals surface area contributed by atoms with Crippen LogP contribution >= 0.6 is 0 Å². The second-order valence-corrected chi connectivity index (χ2v) is 5.70. The summed E-state index contributed by atoms with van der Waals surface area (Å²) in [7, 11) is 0. The van der Waals surface area contributed by atoms with Crippen molar-refractivity contribution >= 4 is 17.6 Å². The molecule has 0 aromatic rings. The summed E-state index contributed by atoms with van der Waals surface area (Å²) < 4.78 is 0. The number of ketones is 1. The Bertz CT molecular complexity index is 418. The van der Waals surface area contributed by atoms with Crippen molar-refractivity contribution in [1.82, 2.24) is 10.6 Å².